The standard InChI is InChI=1S/C7H16O4/c1-2-7(10,11)4-3-6(9)5-8/h6,8-11H,2-5H2,1H3. The summed E-state index contributed by atoms with van der Waals surface area (Å²) in [6, 6.07) is 0. The Morgan fingerprint density at radius 1 is 1.36 bits per heavy atom. The largest absolute Gasteiger partial charge is 0.394 e. The van der Waals surface area contributed by atoms with Crippen LogP contribution in [0.25, 0.3) is 0 Å². The zero-order chi connectivity index (χ0) is 8.91. The maximum Gasteiger partial charge on any atom is 0.162 e. The number of aliphatic hydroxyl groups is 4. The van der Waals surface area contributed by atoms with Crippen molar-refractivity contribution in [2.75, 3.05) is 6.61 Å². The van der Waals surface area contributed by atoms with Crippen LogP contribution >= 0.6 is 0 Å². The average molecular weight is 164 g/mol. The molecule has 68 valence electrons. The van der Waals surface area contributed by atoms with E-state index in [4.69, 9.17) is 20.4 Å². The number of rotatable bonds is 5. The van der Waals surface area contributed by atoms with Gasteiger partial charge in [-0.05, 0) is 12.8 Å². The fourth-order valence-corrected chi connectivity index (χ4v) is 0.666. The summed E-state index contributed by atoms with van der Waals surface area (Å²) in [5.74, 6) is -1.70. The lowest BCUT2D eigenvalue weighted by atomic mass is 10.1. The molecule has 0 fully saturated rings. The van der Waals surface area contributed by atoms with Crippen LogP contribution in [-0.4, -0.2) is 38.9 Å². The predicted molar refractivity (Wildman–Crippen MR) is 39.8 cm³/mol. The number of hydrogen-bond donors (Lipinski definition) is 4. The normalized spacial score (nSPS) is 15.0. The van der Waals surface area contributed by atoms with Crippen molar-refractivity contribution in [3.8, 4) is 0 Å². The highest BCUT2D eigenvalue weighted by molar-refractivity contribution is 4.64. The first kappa shape index (κ1) is 10.8. The van der Waals surface area contributed by atoms with Gasteiger partial charge in [0, 0.05) is 6.42 Å². The third-order valence-corrected chi connectivity index (χ3v) is 1.65. The van der Waals surface area contributed by atoms with Gasteiger partial charge < -0.3 is 20.4 Å². The van der Waals surface area contributed by atoms with Crippen molar-refractivity contribution in [3.63, 3.8) is 0 Å². The summed E-state index contributed by atoms with van der Waals surface area (Å²) < 4.78 is 0. The van der Waals surface area contributed by atoms with Crippen molar-refractivity contribution in [1.82, 2.24) is 0 Å². The van der Waals surface area contributed by atoms with Gasteiger partial charge in [-0.1, -0.05) is 6.92 Å². The van der Waals surface area contributed by atoms with E-state index in [-0.39, 0.29) is 25.9 Å². The summed E-state index contributed by atoms with van der Waals surface area (Å²) in [5.41, 5.74) is 0. The van der Waals surface area contributed by atoms with Gasteiger partial charge in [-0.15, -0.1) is 0 Å². The molecule has 4 heteroatoms. The van der Waals surface area contributed by atoms with E-state index in [1.54, 1.807) is 6.92 Å². The predicted octanol–water partition coefficient (Wildman–Crippen LogP) is -0.789. The molecule has 0 aromatic heterocycles. The minimum atomic E-state index is -1.70. The Morgan fingerprint density at radius 3 is 2.27 bits per heavy atom. The molecule has 1 atom stereocenters. The molecule has 4 N–H and O–H groups in total. The maximum absolute atomic E-state index is 9.03. The van der Waals surface area contributed by atoms with Gasteiger partial charge in [0.1, 0.15) is 0 Å². The Morgan fingerprint density at radius 2 is 1.91 bits per heavy atom. The highest BCUT2D eigenvalue weighted by Gasteiger charge is 2.20. The lowest BCUT2D eigenvalue weighted by Gasteiger charge is -2.20. The van der Waals surface area contributed by atoms with Gasteiger partial charge >= 0.3 is 0 Å². The molecule has 0 aromatic rings. The van der Waals surface area contributed by atoms with Gasteiger partial charge in [-0.25, -0.2) is 0 Å². The van der Waals surface area contributed by atoms with E-state index < -0.39 is 11.9 Å². The minimum Gasteiger partial charge on any atom is -0.394 e. The van der Waals surface area contributed by atoms with Gasteiger partial charge in [-0.2, -0.15) is 0 Å². The molecule has 0 spiro atoms. The Hall–Kier alpha value is -0.160. The molecule has 0 aliphatic rings. The highest BCUT2D eigenvalue weighted by atomic mass is 16.5. The van der Waals surface area contributed by atoms with Crippen molar-refractivity contribution < 1.29 is 20.4 Å². The summed E-state index contributed by atoms with van der Waals surface area (Å²) in [6.45, 7) is 1.31. The van der Waals surface area contributed by atoms with Gasteiger partial charge in [0.2, 0.25) is 0 Å². The van der Waals surface area contributed by atoms with Crippen LogP contribution < -0.4 is 0 Å². The summed E-state index contributed by atoms with van der Waals surface area (Å²) in [7, 11) is 0. The number of aliphatic hydroxyl groups excluding tert-OH is 2. The second-order valence-corrected chi connectivity index (χ2v) is 2.71. The van der Waals surface area contributed by atoms with Crippen LogP contribution in [0.4, 0.5) is 0 Å². The molecule has 0 radical (unpaired) electrons. The molecule has 0 saturated heterocycles. The molecule has 0 heterocycles. The molecule has 0 aliphatic carbocycles. The summed E-state index contributed by atoms with van der Waals surface area (Å²) in [5, 5.41) is 35.3. The van der Waals surface area contributed by atoms with Crippen molar-refractivity contribution in [1.29, 1.82) is 0 Å². The molecule has 0 saturated carbocycles. The lowest BCUT2D eigenvalue weighted by molar-refractivity contribution is -0.171. The van der Waals surface area contributed by atoms with Crippen LogP contribution in [0.1, 0.15) is 26.2 Å². The van der Waals surface area contributed by atoms with E-state index in [2.05, 4.69) is 0 Å². The van der Waals surface area contributed by atoms with Crippen LogP contribution in [0, 0.1) is 0 Å². The van der Waals surface area contributed by atoms with Crippen LogP contribution in [0.15, 0.2) is 0 Å². The first-order valence-corrected chi connectivity index (χ1v) is 3.75. The second kappa shape index (κ2) is 4.66. The summed E-state index contributed by atoms with van der Waals surface area (Å²) >= 11 is 0. The third-order valence-electron chi connectivity index (χ3n) is 1.65. The first-order chi connectivity index (χ1) is 5.02. The van der Waals surface area contributed by atoms with E-state index in [0.29, 0.717) is 0 Å². The average Bonchev–Trinajstić information content (AvgIpc) is 2.00. The van der Waals surface area contributed by atoms with Gasteiger partial charge in [0.25, 0.3) is 0 Å². The van der Waals surface area contributed by atoms with Crippen molar-refractivity contribution in [2.24, 2.45) is 0 Å². The molecular formula is C7H16O4. The summed E-state index contributed by atoms with van der Waals surface area (Å²) in [6.07, 6.45) is -0.325. The van der Waals surface area contributed by atoms with E-state index >= 15 is 0 Å². The van der Waals surface area contributed by atoms with Crippen LogP contribution in [0.3, 0.4) is 0 Å². The van der Waals surface area contributed by atoms with E-state index in [1.807, 2.05) is 0 Å². The summed E-state index contributed by atoms with van der Waals surface area (Å²) in [4.78, 5) is 0. The van der Waals surface area contributed by atoms with Crippen molar-refractivity contribution in [3.05, 3.63) is 0 Å². The lowest BCUT2D eigenvalue weighted by Crippen LogP contribution is -2.29. The van der Waals surface area contributed by atoms with Crippen LogP contribution in [0.2, 0.25) is 0 Å². The fourth-order valence-electron chi connectivity index (χ4n) is 0.666. The minimum absolute atomic E-state index is 0.0885. The van der Waals surface area contributed by atoms with Gasteiger partial charge in [0.15, 0.2) is 5.79 Å². The Bertz CT molecular complexity index is 103. The molecule has 0 aliphatic heterocycles. The smallest absolute Gasteiger partial charge is 0.162 e. The zero-order valence-corrected chi connectivity index (χ0v) is 6.69. The molecule has 0 amide bonds. The van der Waals surface area contributed by atoms with Crippen LogP contribution in [0.5, 0.6) is 0 Å². The molecule has 0 aromatic carbocycles. The molecular weight excluding hydrogens is 148 g/mol. The first-order valence-electron chi connectivity index (χ1n) is 3.75. The molecule has 1 unspecified atom stereocenters. The maximum atomic E-state index is 9.03. The van der Waals surface area contributed by atoms with E-state index in [0.717, 1.165) is 0 Å². The second-order valence-electron chi connectivity index (χ2n) is 2.71. The molecule has 0 rings (SSSR count). The highest BCUT2D eigenvalue weighted by Crippen LogP contribution is 2.14. The van der Waals surface area contributed by atoms with Crippen LogP contribution in [-0.2, 0) is 0 Å². The Kier molecular flexibility index (Phi) is 4.60. The van der Waals surface area contributed by atoms with Gasteiger partial charge in [-0.3, -0.25) is 0 Å². The zero-order valence-electron chi connectivity index (χ0n) is 6.69. The van der Waals surface area contributed by atoms with Gasteiger partial charge in [0.05, 0.1) is 12.7 Å². The molecule has 0 bridgehead atoms. The quantitative estimate of drug-likeness (QED) is 0.401. The SMILES string of the molecule is CCC(O)(O)CCC(O)CO. The van der Waals surface area contributed by atoms with E-state index in [1.165, 1.54) is 0 Å². The Labute approximate surface area is 66.1 Å². The van der Waals surface area contributed by atoms with Crippen molar-refractivity contribution in [2.45, 2.75) is 38.1 Å². The van der Waals surface area contributed by atoms with E-state index in [9.17, 15) is 0 Å². The monoisotopic (exact) mass is 164 g/mol. The van der Waals surface area contributed by atoms with Crippen molar-refractivity contribution >= 4 is 0 Å². The molecule has 4 nitrogen and oxygen atoms in total. The topological polar surface area (TPSA) is 80.9 Å². The molecule has 11 heavy (non-hydrogen) atoms. The fraction of sp³-hybridized carbons (Fsp3) is 1.00. The Balaban J connectivity index is 3.52. The third kappa shape index (κ3) is 5.15. The number of hydrogen-bond acceptors (Lipinski definition) is 4.